The molecule has 4 heteroatoms. The maximum atomic E-state index is 12.0. The Morgan fingerprint density at radius 1 is 1.24 bits per heavy atom. The van der Waals surface area contributed by atoms with Gasteiger partial charge in [-0.05, 0) is 56.1 Å². The van der Waals surface area contributed by atoms with Gasteiger partial charge in [0.1, 0.15) is 0 Å². The molecule has 2 heterocycles. The van der Waals surface area contributed by atoms with Crippen molar-refractivity contribution in [2.75, 3.05) is 19.6 Å². The Labute approximate surface area is 131 Å². The maximum Gasteiger partial charge on any atom is 0.223 e. The Kier molecular flexibility index (Phi) is 5.31. The molecule has 0 bridgehead atoms. The number of amides is 1. The molecule has 0 aromatic carbocycles. The van der Waals surface area contributed by atoms with Crippen LogP contribution in [-0.4, -0.2) is 30.4 Å². The summed E-state index contributed by atoms with van der Waals surface area (Å²) in [6.07, 6.45) is 7.11. The lowest BCUT2D eigenvalue weighted by Gasteiger charge is -2.31. The van der Waals surface area contributed by atoms with E-state index < -0.39 is 0 Å². The summed E-state index contributed by atoms with van der Waals surface area (Å²) in [6, 6.07) is 4.35. The average molecular weight is 306 g/mol. The van der Waals surface area contributed by atoms with E-state index in [0.29, 0.717) is 17.7 Å². The molecule has 1 aliphatic carbocycles. The molecule has 1 aromatic rings. The first kappa shape index (κ1) is 15.0. The van der Waals surface area contributed by atoms with Crippen LogP contribution < -0.4 is 5.32 Å². The minimum absolute atomic E-state index is 0.309. The second kappa shape index (κ2) is 7.41. The van der Waals surface area contributed by atoms with Gasteiger partial charge in [-0.25, -0.2) is 0 Å². The van der Waals surface area contributed by atoms with E-state index >= 15 is 0 Å². The summed E-state index contributed by atoms with van der Waals surface area (Å²) in [6.45, 7) is 4.32. The number of hydrogen-bond donors (Lipinski definition) is 1. The summed E-state index contributed by atoms with van der Waals surface area (Å²) in [4.78, 5) is 16.0. The smallest absolute Gasteiger partial charge is 0.223 e. The van der Waals surface area contributed by atoms with Gasteiger partial charge >= 0.3 is 0 Å². The molecule has 1 saturated carbocycles. The highest BCUT2D eigenvalue weighted by atomic mass is 32.1. The summed E-state index contributed by atoms with van der Waals surface area (Å²) in [5, 5.41) is 5.35. The normalized spacial score (nSPS) is 21.7. The van der Waals surface area contributed by atoms with Crippen molar-refractivity contribution in [3.8, 4) is 0 Å². The lowest BCUT2D eigenvalue weighted by molar-refractivity contribution is -0.125. The fourth-order valence-electron chi connectivity index (χ4n) is 3.55. The van der Waals surface area contributed by atoms with Crippen molar-refractivity contribution < 1.29 is 4.79 Å². The highest BCUT2D eigenvalue weighted by Crippen LogP contribution is 2.25. The van der Waals surface area contributed by atoms with Crippen molar-refractivity contribution >= 4 is 17.2 Å². The summed E-state index contributed by atoms with van der Waals surface area (Å²) in [5.74, 6) is 1.30. The molecule has 21 heavy (non-hydrogen) atoms. The Balaban J connectivity index is 1.34. The van der Waals surface area contributed by atoms with Gasteiger partial charge in [-0.1, -0.05) is 18.9 Å². The van der Waals surface area contributed by atoms with Gasteiger partial charge in [0.2, 0.25) is 5.91 Å². The number of piperidine rings is 1. The van der Waals surface area contributed by atoms with Crippen molar-refractivity contribution in [2.45, 2.75) is 45.1 Å². The van der Waals surface area contributed by atoms with E-state index in [9.17, 15) is 4.79 Å². The summed E-state index contributed by atoms with van der Waals surface area (Å²) in [5.41, 5.74) is 0. The summed E-state index contributed by atoms with van der Waals surface area (Å²) < 4.78 is 0. The third-order valence-electron chi connectivity index (χ3n) is 4.96. The molecule has 3 rings (SSSR count). The summed E-state index contributed by atoms with van der Waals surface area (Å²) in [7, 11) is 0. The number of carbonyl (C=O) groups is 1. The molecule has 2 aliphatic rings. The second-order valence-corrected chi connectivity index (χ2v) is 7.56. The van der Waals surface area contributed by atoms with E-state index in [2.05, 4.69) is 27.7 Å². The van der Waals surface area contributed by atoms with Crippen LogP contribution in [0, 0.1) is 11.8 Å². The number of rotatable bonds is 5. The van der Waals surface area contributed by atoms with Crippen molar-refractivity contribution in [1.29, 1.82) is 0 Å². The van der Waals surface area contributed by atoms with Crippen LogP contribution >= 0.6 is 11.3 Å². The molecule has 1 aromatic heterocycles. The van der Waals surface area contributed by atoms with Crippen LogP contribution in [0.5, 0.6) is 0 Å². The Bertz CT molecular complexity index is 432. The van der Waals surface area contributed by atoms with E-state index in [4.69, 9.17) is 0 Å². The molecule has 3 nitrogen and oxygen atoms in total. The average Bonchev–Trinajstić information content (AvgIpc) is 3.19. The maximum absolute atomic E-state index is 12.0. The number of hydrogen-bond acceptors (Lipinski definition) is 3. The highest BCUT2D eigenvalue weighted by molar-refractivity contribution is 7.09. The van der Waals surface area contributed by atoms with Gasteiger partial charge in [0.15, 0.2) is 0 Å². The number of nitrogens with one attached hydrogen (secondary N) is 1. The lowest BCUT2D eigenvalue weighted by Crippen LogP contribution is -2.39. The fourth-order valence-corrected chi connectivity index (χ4v) is 4.30. The highest BCUT2D eigenvalue weighted by Gasteiger charge is 2.24. The predicted octanol–water partition coefficient (Wildman–Crippen LogP) is 3.27. The van der Waals surface area contributed by atoms with E-state index in [-0.39, 0.29) is 0 Å². The first-order chi connectivity index (χ1) is 10.3. The van der Waals surface area contributed by atoms with Crippen molar-refractivity contribution in [2.24, 2.45) is 11.8 Å². The quantitative estimate of drug-likeness (QED) is 0.905. The first-order valence-corrected chi connectivity index (χ1v) is 9.21. The molecule has 1 N–H and O–H groups in total. The monoisotopic (exact) mass is 306 g/mol. The van der Waals surface area contributed by atoms with E-state index in [1.54, 1.807) is 0 Å². The SMILES string of the molecule is O=C(NCC1CCN(Cc2cccs2)CC1)C1CCCC1. The van der Waals surface area contributed by atoms with Crippen LogP contribution in [0.4, 0.5) is 0 Å². The molecule has 0 spiro atoms. The topological polar surface area (TPSA) is 32.3 Å². The Morgan fingerprint density at radius 2 is 2.00 bits per heavy atom. The summed E-state index contributed by atoms with van der Waals surface area (Å²) >= 11 is 1.85. The van der Waals surface area contributed by atoms with Crippen LogP contribution in [0.1, 0.15) is 43.4 Å². The molecule has 1 amide bonds. The largest absolute Gasteiger partial charge is 0.356 e. The Hall–Kier alpha value is -0.870. The van der Waals surface area contributed by atoms with E-state index in [1.807, 2.05) is 11.3 Å². The molecule has 2 fully saturated rings. The van der Waals surface area contributed by atoms with Crippen LogP contribution in [0.2, 0.25) is 0 Å². The number of carbonyl (C=O) groups excluding carboxylic acids is 1. The zero-order valence-corrected chi connectivity index (χ0v) is 13.5. The van der Waals surface area contributed by atoms with E-state index in [1.165, 1.54) is 43.6 Å². The Morgan fingerprint density at radius 3 is 2.67 bits per heavy atom. The van der Waals surface area contributed by atoms with Crippen LogP contribution in [0.15, 0.2) is 17.5 Å². The number of likely N-dealkylation sites (tertiary alicyclic amines) is 1. The minimum atomic E-state index is 0.309. The molecule has 116 valence electrons. The van der Waals surface area contributed by atoms with Crippen LogP contribution in [0.25, 0.3) is 0 Å². The first-order valence-electron chi connectivity index (χ1n) is 8.33. The standard InChI is InChI=1S/C17H26N2OS/c20-17(15-4-1-2-5-15)18-12-14-7-9-19(10-8-14)13-16-6-3-11-21-16/h3,6,11,14-15H,1-2,4-5,7-10,12-13H2,(H,18,20). The van der Waals surface area contributed by atoms with Gasteiger partial charge < -0.3 is 5.32 Å². The molecule has 0 atom stereocenters. The zero-order valence-electron chi connectivity index (χ0n) is 12.7. The molecule has 0 unspecified atom stereocenters. The van der Waals surface area contributed by atoms with Crippen LogP contribution in [-0.2, 0) is 11.3 Å². The lowest BCUT2D eigenvalue weighted by atomic mass is 9.96. The molecule has 1 saturated heterocycles. The van der Waals surface area contributed by atoms with Gasteiger partial charge in [-0.15, -0.1) is 11.3 Å². The predicted molar refractivity (Wildman–Crippen MR) is 87.3 cm³/mol. The minimum Gasteiger partial charge on any atom is -0.356 e. The number of thiophene rings is 1. The fraction of sp³-hybridized carbons (Fsp3) is 0.706. The van der Waals surface area contributed by atoms with Crippen molar-refractivity contribution in [3.05, 3.63) is 22.4 Å². The van der Waals surface area contributed by atoms with Gasteiger partial charge in [0.25, 0.3) is 0 Å². The molecule has 0 radical (unpaired) electrons. The van der Waals surface area contributed by atoms with Gasteiger partial charge in [-0.3, -0.25) is 9.69 Å². The van der Waals surface area contributed by atoms with Gasteiger partial charge in [0.05, 0.1) is 0 Å². The molecular weight excluding hydrogens is 280 g/mol. The number of nitrogens with zero attached hydrogens (tertiary/aromatic N) is 1. The van der Waals surface area contributed by atoms with Crippen molar-refractivity contribution in [3.63, 3.8) is 0 Å². The zero-order chi connectivity index (χ0) is 14.5. The third-order valence-corrected chi connectivity index (χ3v) is 5.82. The third kappa shape index (κ3) is 4.30. The van der Waals surface area contributed by atoms with Gasteiger partial charge in [-0.2, -0.15) is 0 Å². The van der Waals surface area contributed by atoms with Gasteiger partial charge in [0, 0.05) is 23.9 Å². The van der Waals surface area contributed by atoms with Crippen molar-refractivity contribution in [1.82, 2.24) is 10.2 Å². The van der Waals surface area contributed by atoms with E-state index in [0.717, 1.165) is 25.9 Å². The second-order valence-electron chi connectivity index (χ2n) is 6.53. The molecular formula is C17H26N2OS. The molecule has 1 aliphatic heterocycles. The van der Waals surface area contributed by atoms with Crippen LogP contribution in [0.3, 0.4) is 0 Å².